The van der Waals surface area contributed by atoms with Crippen molar-refractivity contribution in [2.75, 3.05) is 7.11 Å². The number of primary sulfonamides is 1. The first kappa shape index (κ1) is 22.8. The van der Waals surface area contributed by atoms with Crippen molar-refractivity contribution >= 4 is 20.9 Å². The zero-order chi connectivity index (χ0) is 23.8. The van der Waals surface area contributed by atoms with Crippen LogP contribution in [0.15, 0.2) is 59.5 Å². The average molecular weight is 473 g/mol. The van der Waals surface area contributed by atoms with Gasteiger partial charge in [0.05, 0.1) is 35.1 Å². The number of nitrogens with two attached hydrogens (primary N) is 2. The molecule has 0 aliphatic carbocycles. The number of halogens is 2. The third kappa shape index (κ3) is 4.72. The first-order chi connectivity index (χ1) is 15.7. The van der Waals surface area contributed by atoms with Crippen molar-refractivity contribution in [3.05, 3.63) is 88.6 Å². The summed E-state index contributed by atoms with van der Waals surface area (Å²) in [6.45, 7) is 0.721. The SMILES string of the molecule is COc1cc(F)cc2c1c(Cc1ccc(S(N)(=O)=O)cc1F)nn2Cc1cccc(CN)c1. The van der Waals surface area contributed by atoms with E-state index >= 15 is 0 Å². The second-order valence-electron chi connectivity index (χ2n) is 7.61. The number of benzene rings is 3. The predicted molar refractivity (Wildman–Crippen MR) is 120 cm³/mol. The van der Waals surface area contributed by atoms with Gasteiger partial charge in [0, 0.05) is 25.1 Å². The number of fused-ring (bicyclic) bond motifs is 1. The van der Waals surface area contributed by atoms with Crippen LogP contribution in [0.1, 0.15) is 22.4 Å². The fourth-order valence-electron chi connectivity index (χ4n) is 3.77. The van der Waals surface area contributed by atoms with Crippen LogP contribution in [0, 0.1) is 11.6 Å². The molecule has 0 bridgehead atoms. The standard InChI is InChI=1S/C23H22F2N4O3S/c1-32-22-10-17(24)9-21-23(22)20(8-16-5-6-18(11-19(16)25)33(27,30)31)28-29(21)13-15-4-2-3-14(7-15)12-26/h2-7,9-11H,8,12-13,26H2,1H3,(H2,27,30,31). The molecule has 0 saturated heterocycles. The third-order valence-corrected chi connectivity index (χ3v) is 6.26. The van der Waals surface area contributed by atoms with Crippen molar-refractivity contribution in [2.24, 2.45) is 10.9 Å². The topological polar surface area (TPSA) is 113 Å². The minimum absolute atomic E-state index is 0.0328. The van der Waals surface area contributed by atoms with Gasteiger partial charge >= 0.3 is 0 Å². The number of hydrogen-bond donors (Lipinski definition) is 2. The Morgan fingerprint density at radius 2 is 1.82 bits per heavy atom. The lowest BCUT2D eigenvalue weighted by molar-refractivity contribution is 0.416. The molecular weight excluding hydrogens is 450 g/mol. The van der Waals surface area contributed by atoms with E-state index in [0.29, 0.717) is 29.7 Å². The fraction of sp³-hybridized carbons (Fsp3) is 0.174. The lowest BCUT2D eigenvalue weighted by Crippen LogP contribution is -2.12. The molecule has 4 rings (SSSR count). The molecule has 4 aromatic rings. The van der Waals surface area contributed by atoms with Gasteiger partial charge in [-0.2, -0.15) is 5.10 Å². The normalized spacial score (nSPS) is 11.8. The molecule has 0 unspecified atom stereocenters. The molecular formula is C23H22F2N4O3S. The minimum Gasteiger partial charge on any atom is -0.496 e. The summed E-state index contributed by atoms with van der Waals surface area (Å²) in [6.07, 6.45) is 0.0328. The summed E-state index contributed by atoms with van der Waals surface area (Å²) < 4.78 is 59.0. The lowest BCUT2D eigenvalue weighted by Gasteiger charge is -2.07. The second-order valence-corrected chi connectivity index (χ2v) is 9.17. The smallest absolute Gasteiger partial charge is 0.238 e. The molecule has 7 nitrogen and oxygen atoms in total. The van der Waals surface area contributed by atoms with Crippen molar-refractivity contribution in [3.63, 3.8) is 0 Å². The predicted octanol–water partition coefficient (Wildman–Crippen LogP) is 3.07. The monoisotopic (exact) mass is 472 g/mol. The van der Waals surface area contributed by atoms with Crippen LogP contribution in [0.25, 0.3) is 10.9 Å². The Hall–Kier alpha value is -3.34. The average Bonchev–Trinajstić information content (AvgIpc) is 3.10. The molecule has 4 N–H and O–H groups in total. The highest BCUT2D eigenvalue weighted by atomic mass is 32.2. The van der Waals surface area contributed by atoms with Gasteiger partial charge in [0.2, 0.25) is 10.0 Å². The number of methoxy groups -OCH3 is 1. The van der Waals surface area contributed by atoms with Crippen molar-refractivity contribution in [1.29, 1.82) is 0 Å². The molecule has 0 radical (unpaired) electrons. The Kier molecular flexibility index (Phi) is 6.15. The van der Waals surface area contributed by atoms with Gasteiger partial charge < -0.3 is 10.5 Å². The summed E-state index contributed by atoms with van der Waals surface area (Å²) in [4.78, 5) is -0.321. The van der Waals surface area contributed by atoms with Gasteiger partial charge in [-0.05, 0) is 28.8 Å². The molecule has 0 saturated carbocycles. The van der Waals surface area contributed by atoms with E-state index in [1.807, 2.05) is 24.3 Å². The number of aromatic nitrogens is 2. The number of sulfonamides is 1. The Balaban J connectivity index is 1.81. The van der Waals surface area contributed by atoms with Crippen LogP contribution in [0.2, 0.25) is 0 Å². The highest BCUT2D eigenvalue weighted by Crippen LogP contribution is 2.32. The number of nitrogens with zero attached hydrogens (tertiary/aromatic N) is 2. The number of rotatable bonds is 7. The van der Waals surface area contributed by atoms with E-state index in [0.717, 1.165) is 17.2 Å². The zero-order valence-electron chi connectivity index (χ0n) is 17.8. The maximum Gasteiger partial charge on any atom is 0.238 e. The molecule has 0 atom stereocenters. The molecule has 0 aliphatic heterocycles. The van der Waals surface area contributed by atoms with Gasteiger partial charge in [0.15, 0.2) is 0 Å². The Morgan fingerprint density at radius 3 is 2.48 bits per heavy atom. The molecule has 1 heterocycles. The maximum atomic E-state index is 14.7. The van der Waals surface area contributed by atoms with E-state index in [9.17, 15) is 17.2 Å². The molecule has 33 heavy (non-hydrogen) atoms. The van der Waals surface area contributed by atoms with Gasteiger partial charge in [-0.25, -0.2) is 22.3 Å². The minimum atomic E-state index is -4.03. The highest BCUT2D eigenvalue weighted by molar-refractivity contribution is 7.89. The first-order valence-electron chi connectivity index (χ1n) is 10.0. The zero-order valence-corrected chi connectivity index (χ0v) is 18.6. The third-order valence-electron chi connectivity index (χ3n) is 5.34. The van der Waals surface area contributed by atoms with E-state index in [4.69, 9.17) is 15.6 Å². The van der Waals surface area contributed by atoms with Gasteiger partial charge in [-0.1, -0.05) is 30.3 Å². The number of hydrogen-bond acceptors (Lipinski definition) is 5. The second kappa shape index (κ2) is 8.89. The summed E-state index contributed by atoms with van der Waals surface area (Å²) >= 11 is 0. The van der Waals surface area contributed by atoms with E-state index in [1.165, 1.54) is 31.4 Å². The first-order valence-corrected chi connectivity index (χ1v) is 11.6. The molecule has 0 fully saturated rings. The highest BCUT2D eigenvalue weighted by Gasteiger charge is 2.20. The van der Waals surface area contributed by atoms with Crippen LogP contribution < -0.4 is 15.6 Å². The fourth-order valence-corrected chi connectivity index (χ4v) is 4.30. The quantitative estimate of drug-likeness (QED) is 0.429. The summed E-state index contributed by atoms with van der Waals surface area (Å²) in [5.41, 5.74) is 8.76. The van der Waals surface area contributed by atoms with E-state index in [2.05, 4.69) is 5.10 Å². The Morgan fingerprint density at radius 1 is 1.06 bits per heavy atom. The van der Waals surface area contributed by atoms with Crippen molar-refractivity contribution in [2.45, 2.75) is 24.4 Å². The molecule has 172 valence electrons. The summed E-state index contributed by atoms with van der Waals surface area (Å²) in [5, 5.41) is 10.3. The Bertz CT molecular complexity index is 1450. The molecule has 0 amide bonds. The largest absolute Gasteiger partial charge is 0.496 e. The van der Waals surface area contributed by atoms with Crippen LogP contribution >= 0.6 is 0 Å². The van der Waals surface area contributed by atoms with Gasteiger partial charge in [-0.3, -0.25) is 4.68 Å². The van der Waals surface area contributed by atoms with Crippen LogP contribution in [0.3, 0.4) is 0 Å². The summed E-state index contributed by atoms with van der Waals surface area (Å²) in [5.74, 6) is -0.962. The Labute approximate surface area is 189 Å². The van der Waals surface area contributed by atoms with Gasteiger partial charge in [0.1, 0.15) is 17.4 Å². The maximum absolute atomic E-state index is 14.7. The summed E-state index contributed by atoms with van der Waals surface area (Å²) in [7, 11) is -2.61. The summed E-state index contributed by atoms with van der Waals surface area (Å²) in [6, 6.07) is 13.7. The van der Waals surface area contributed by atoms with E-state index in [1.54, 1.807) is 4.68 Å². The van der Waals surface area contributed by atoms with Crippen LogP contribution in [0.5, 0.6) is 5.75 Å². The lowest BCUT2D eigenvalue weighted by atomic mass is 10.1. The van der Waals surface area contributed by atoms with Crippen molar-refractivity contribution in [1.82, 2.24) is 9.78 Å². The number of ether oxygens (including phenoxy) is 1. The molecule has 10 heteroatoms. The van der Waals surface area contributed by atoms with Crippen LogP contribution in [0.4, 0.5) is 8.78 Å². The van der Waals surface area contributed by atoms with E-state index < -0.39 is 21.7 Å². The van der Waals surface area contributed by atoms with Gasteiger partial charge in [-0.15, -0.1) is 0 Å². The molecule has 0 spiro atoms. The van der Waals surface area contributed by atoms with Crippen molar-refractivity contribution < 1.29 is 21.9 Å². The molecule has 0 aliphatic rings. The van der Waals surface area contributed by atoms with Gasteiger partial charge in [0.25, 0.3) is 0 Å². The molecule has 3 aromatic carbocycles. The van der Waals surface area contributed by atoms with Crippen molar-refractivity contribution in [3.8, 4) is 5.75 Å². The van der Waals surface area contributed by atoms with Crippen LogP contribution in [-0.4, -0.2) is 25.3 Å². The van der Waals surface area contributed by atoms with E-state index in [-0.39, 0.29) is 22.6 Å². The molecule has 1 aromatic heterocycles. The van der Waals surface area contributed by atoms with Crippen LogP contribution in [-0.2, 0) is 29.5 Å².